The summed E-state index contributed by atoms with van der Waals surface area (Å²) in [6, 6.07) is 5.34. The molecule has 0 spiro atoms. The maximum atomic E-state index is 12.6. The molecule has 2 atom stereocenters. The largest absolute Gasteiger partial charge is 0.497 e. The van der Waals surface area contributed by atoms with Crippen LogP contribution in [0, 0.1) is 0 Å². The van der Waals surface area contributed by atoms with Crippen LogP contribution in [0.2, 0.25) is 0 Å². The second-order valence-electron chi connectivity index (χ2n) is 6.80. The molecule has 7 nitrogen and oxygen atoms in total. The number of hydrogen-bond donors (Lipinski definition) is 0. The summed E-state index contributed by atoms with van der Waals surface area (Å²) >= 11 is 0. The van der Waals surface area contributed by atoms with E-state index in [1.165, 1.54) is 4.90 Å². The molecular formula is C18H23N3O4. The zero-order valence-electron chi connectivity index (χ0n) is 14.6. The number of amides is 3. The van der Waals surface area contributed by atoms with E-state index in [1.807, 2.05) is 18.2 Å². The van der Waals surface area contributed by atoms with Gasteiger partial charge in [-0.2, -0.15) is 0 Å². The monoisotopic (exact) mass is 345 g/mol. The molecule has 0 unspecified atom stereocenters. The van der Waals surface area contributed by atoms with E-state index >= 15 is 0 Å². The third-order valence-electron chi connectivity index (χ3n) is 5.46. The fraction of sp³-hybridized carbons (Fsp3) is 0.556. The van der Waals surface area contributed by atoms with Gasteiger partial charge in [0.05, 0.1) is 20.3 Å². The van der Waals surface area contributed by atoms with Crippen molar-refractivity contribution in [1.29, 1.82) is 0 Å². The molecule has 4 rings (SSSR count). The summed E-state index contributed by atoms with van der Waals surface area (Å²) in [6.07, 6.45) is 2.51. The van der Waals surface area contributed by atoms with Crippen molar-refractivity contribution in [3.8, 4) is 11.5 Å². The number of urea groups is 1. The van der Waals surface area contributed by atoms with E-state index in [9.17, 15) is 9.59 Å². The van der Waals surface area contributed by atoms with Gasteiger partial charge in [0, 0.05) is 43.5 Å². The molecule has 1 aromatic carbocycles. The van der Waals surface area contributed by atoms with Gasteiger partial charge in [0.15, 0.2) is 0 Å². The molecule has 134 valence electrons. The highest BCUT2D eigenvalue weighted by molar-refractivity contribution is 6.05. The lowest BCUT2D eigenvalue weighted by Crippen LogP contribution is -2.43. The lowest BCUT2D eigenvalue weighted by Gasteiger charge is -2.24. The number of anilines is 1. The van der Waals surface area contributed by atoms with Crippen LogP contribution in [0.5, 0.6) is 11.5 Å². The summed E-state index contributed by atoms with van der Waals surface area (Å²) in [5.41, 5.74) is 0.985. The van der Waals surface area contributed by atoms with Crippen LogP contribution in [0.4, 0.5) is 10.5 Å². The maximum absolute atomic E-state index is 12.6. The minimum atomic E-state index is -0.224. The van der Waals surface area contributed by atoms with E-state index in [1.54, 1.807) is 19.1 Å². The third-order valence-corrected chi connectivity index (χ3v) is 5.46. The quantitative estimate of drug-likeness (QED) is 0.778. The number of carbonyl (C=O) groups is 2. The maximum Gasteiger partial charge on any atom is 0.327 e. The van der Waals surface area contributed by atoms with Crippen LogP contribution in [-0.4, -0.2) is 67.7 Å². The van der Waals surface area contributed by atoms with Crippen LogP contribution in [0.25, 0.3) is 0 Å². The Labute approximate surface area is 147 Å². The number of fused-ring (bicyclic) bond motifs is 1. The number of rotatable bonds is 4. The highest BCUT2D eigenvalue weighted by Gasteiger charge is 2.50. The van der Waals surface area contributed by atoms with Gasteiger partial charge in [0.25, 0.3) is 5.91 Å². The van der Waals surface area contributed by atoms with Gasteiger partial charge in [-0.25, -0.2) is 4.79 Å². The van der Waals surface area contributed by atoms with Gasteiger partial charge < -0.3 is 19.3 Å². The first-order chi connectivity index (χ1) is 12.1. The predicted molar refractivity (Wildman–Crippen MR) is 92.1 cm³/mol. The zero-order chi connectivity index (χ0) is 17.6. The number of imide groups is 1. The van der Waals surface area contributed by atoms with Gasteiger partial charge in [0.2, 0.25) is 0 Å². The highest BCUT2D eigenvalue weighted by atomic mass is 16.5. The molecule has 0 bridgehead atoms. The topological polar surface area (TPSA) is 62.3 Å². The van der Waals surface area contributed by atoms with Crippen LogP contribution in [-0.2, 0) is 4.79 Å². The van der Waals surface area contributed by atoms with Crippen LogP contribution in [0.3, 0.4) is 0 Å². The summed E-state index contributed by atoms with van der Waals surface area (Å²) < 4.78 is 10.7. The molecule has 0 saturated carbocycles. The first-order valence-electron chi connectivity index (χ1n) is 8.74. The SMILES string of the molecule is COc1cc(OC)cc(N2CC[C@@H](N3C(=O)[C@H]4CCCN4C3=O)C2)c1. The smallest absolute Gasteiger partial charge is 0.327 e. The van der Waals surface area contributed by atoms with Gasteiger partial charge in [-0.15, -0.1) is 0 Å². The molecule has 0 aliphatic carbocycles. The Morgan fingerprint density at radius 1 is 1.00 bits per heavy atom. The second kappa shape index (κ2) is 6.13. The van der Waals surface area contributed by atoms with E-state index < -0.39 is 0 Å². The first kappa shape index (κ1) is 16.1. The van der Waals surface area contributed by atoms with Crippen molar-refractivity contribution in [2.75, 3.05) is 38.8 Å². The van der Waals surface area contributed by atoms with Crippen molar-refractivity contribution in [2.45, 2.75) is 31.3 Å². The Balaban J connectivity index is 1.52. The van der Waals surface area contributed by atoms with Crippen molar-refractivity contribution < 1.29 is 19.1 Å². The molecule has 3 aliphatic heterocycles. The minimum absolute atomic E-state index is 0.0161. The molecule has 3 amide bonds. The summed E-state index contributed by atoms with van der Waals surface area (Å²) in [4.78, 5) is 30.7. The Kier molecular flexibility index (Phi) is 3.94. The number of carbonyl (C=O) groups excluding carboxylic acids is 2. The van der Waals surface area contributed by atoms with Gasteiger partial charge >= 0.3 is 6.03 Å². The van der Waals surface area contributed by atoms with Crippen LogP contribution in [0.15, 0.2) is 18.2 Å². The van der Waals surface area contributed by atoms with Gasteiger partial charge in [-0.05, 0) is 19.3 Å². The number of methoxy groups -OCH3 is 2. The molecule has 25 heavy (non-hydrogen) atoms. The number of hydrogen-bond acceptors (Lipinski definition) is 5. The summed E-state index contributed by atoms with van der Waals surface area (Å²) in [6.45, 7) is 2.15. The Hall–Kier alpha value is -2.44. The van der Waals surface area contributed by atoms with E-state index in [4.69, 9.17) is 9.47 Å². The molecule has 0 aromatic heterocycles. The van der Waals surface area contributed by atoms with Gasteiger partial charge in [0.1, 0.15) is 17.5 Å². The van der Waals surface area contributed by atoms with E-state index in [-0.39, 0.29) is 24.0 Å². The summed E-state index contributed by atoms with van der Waals surface area (Å²) in [5.74, 6) is 1.44. The average Bonchev–Trinajstić information content (AvgIpc) is 3.34. The molecule has 3 saturated heterocycles. The Bertz CT molecular complexity index is 663. The summed E-state index contributed by atoms with van der Waals surface area (Å²) in [5, 5.41) is 0. The fourth-order valence-corrected chi connectivity index (χ4v) is 4.14. The van der Waals surface area contributed by atoms with E-state index in [0.29, 0.717) is 13.1 Å². The second-order valence-corrected chi connectivity index (χ2v) is 6.80. The number of ether oxygens (including phenoxy) is 2. The molecular weight excluding hydrogens is 322 g/mol. The molecule has 1 aromatic rings. The molecule has 7 heteroatoms. The lowest BCUT2D eigenvalue weighted by atomic mass is 10.2. The van der Waals surface area contributed by atoms with Crippen molar-refractivity contribution in [3.63, 3.8) is 0 Å². The molecule has 0 radical (unpaired) electrons. The first-order valence-corrected chi connectivity index (χ1v) is 8.74. The highest BCUT2D eigenvalue weighted by Crippen LogP contribution is 2.34. The van der Waals surface area contributed by atoms with Crippen LogP contribution < -0.4 is 14.4 Å². The lowest BCUT2D eigenvalue weighted by molar-refractivity contribution is -0.129. The predicted octanol–water partition coefficient (Wildman–Crippen LogP) is 1.71. The molecule has 3 fully saturated rings. The van der Waals surface area contributed by atoms with Gasteiger partial charge in [-0.3, -0.25) is 9.69 Å². The van der Waals surface area contributed by atoms with E-state index in [2.05, 4.69) is 4.90 Å². The van der Waals surface area contributed by atoms with Crippen molar-refractivity contribution in [1.82, 2.24) is 9.80 Å². The zero-order valence-corrected chi connectivity index (χ0v) is 14.6. The van der Waals surface area contributed by atoms with Crippen molar-refractivity contribution >= 4 is 17.6 Å². The normalized spacial score (nSPS) is 25.8. The molecule has 3 aliphatic rings. The van der Waals surface area contributed by atoms with Crippen LogP contribution in [0.1, 0.15) is 19.3 Å². The Morgan fingerprint density at radius 2 is 1.72 bits per heavy atom. The standard InChI is InChI=1S/C18H23N3O4/c1-24-14-8-13(9-15(10-14)25-2)19-7-5-12(11-19)21-17(22)16-4-3-6-20(16)18(21)23/h8-10,12,16H,3-7,11H2,1-2H3/t12-,16-/m1/s1. The van der Waals surface area contributed by atoms with Crippen molar-refractivity contribution in [3.05, 3.63) is 18.2 Å². The third kappa shape index (κ3) is 2.58. The number of nitrogens with zero attached hydrogens (tertiary/aromatic N) is 3. The average molecular weight is 345 g/mol. The molecule has 3 heterocycles. The number of benzene rings is 1. The van der Waals surface area contributed by atoms with Crippen LogP contribution >= 0.6 is 0 Å². The van der Waals surface area contributed by atoms with Crippen molar-refractivity contribution in [2.24, 2.45) is 0 Å². The summed E-state index contributed by atoms with van der Waals surface area (Å²) in [7, 11) is 3.25. The minimum Gasteiger partial charge on any atom is -0.497 e. The fourth-order valence-electron chi connectivity index (χ4n) is 4.14. The Morgan fingerprint density at radius 3 is 2.36 bits per heavy atom. The van der Waals surface area contributed by atoms with E-state index in [0.717, 1.165) is 43.0 Å². The van der Waals surface area contributed by atoms with Gasteiger partial charge in [-0.1, -0.05) is 0 Å². The molecule has 0 N–H and O–H groups in total.